The van der Waals surface area contributed by atoms with E-state index in [0.717, 1.165) is 16.9 Å². The predicted molar refractivity (Wildman–Crippen MR) is 126 cm³/mol. The van der Waals surface area contributed by atoms with E-state index in [1.807, 2.05) is 48.5 Å². The van der Waals surface area contributed by atoms with Crippen molar-refractivity contribution in [3.05, 3.63) is 83.9 Å². The summed E-state index contributed by atoms with van der Waals surface area (Å²) in [4.78, 5) is 24.0. The van der Waals surface area contributed by atoms with Crippen molar-refractivity contribution >= 4 is 23.7 Å². The van der Waals surface area contributed by atoms with Gasteiger partial charge in [0.2, 0.25) is 11.8 Å². The van der Waals surface area contributed by atoms with Gasteiger partial charge in [0.05, 0.1) is 26.1 Å². The molecule has 2 N–H and O–H groups in total. The first-order valence-corrected chi connectivity index (χ1v) is 10.2. The van der Waals surface area contributed by atoms with Crippen LogP contribution in [0.1, 0.15) is 17.5 Å². The third kappa shape index (κ3) is 7.39. The number of carbonyl (C=O) groups is 2. The molecule has 33 heavy (non-hydrogen) atoms. The molecule has 8 nitrogen and oxygen atoms in total. The fraction of sp³-hybridized carbons (Fsp3) is 0.160. The highest BCUT2D eigenvalue weighted by atomic mass is 16.5. The fourth-order valence-corrected chi connectivity index (χ4v) is 2.85. The summed E-state index contributed by atoms with van der Waals surface area (Å²) >= 11 is 0. The average molecular weight is 447 g/mol. The Labute approximate surface area is 192 Å². The second-order valence-electron chi connectivity index (χ2n) is 6.92. The van der Waals surface area contributed by atoms with Gasteiger partial charge in [-0.1, -0.05) is 24.3 Å². The van der Waals surface area contributed by atoms with Gasteiger partial charge < -0.3 is 19.5 Å². The normalized spacial score (nSPS) is 10.5. The lowest BCUT2D eigenvalue weighted by Gasteiger charge is -2.09. The van der Waals surface area contributed by atoms with Gasteiger partial charge in [0, 0.05) is 0 Å². The molecule has 0 radical (unpaired) electrons. The number of nitrogens with zero attached hydrogens (tertiary/aromatic N) is 1. The number of anilines is 1. The second kappa shape index (κ2) is 11.9. The molecule has 3 rings (SSSR count). The van der Waals surface area contributed by atoms with Crippen LogP contribution in [-0.4, -0.2) is 32.2 Å². The smallest absolute Gasteiger partial charge is 0.249 e. The van der Waals surface area contributed by atoms with E-state index in [2.05, 4.69) is 15.8 Å². The number of methoxy groups -OCH3 is 2. The second-order valence-corrected chi connectivity index (χ2v) is 6.92. The molecule has 0 aliphatic heterocycles. The van der Waals surface area contributed by atoms with E-state index in [9.17, 15) is 9.59 Å². The van der Waals surface area contributed by atoms with Crippen molar-refractivity contribution in [1.29, 1.82) is 0 Å². The standard InChI is InChI=1S/C25H25N3O5/c1-31-20-11-9-19(10-12-20)17-33-21-13-7-18(8-14-21)16-26-28-25(30)15-24(29)27-22-5-3-4-6-23(22)32-2/h3-14,16H,15,17H2,1-2H3,(H,27,29)(H,28,30). The van der Waals surface area contributed by atoms with Crippen molar-refractivity contribution in [3.8, 4) is 17.2 Å². The van der Waals surface area contributed by atoms with Crippen LogP contribution in [-0.2, 0) is 16.2 Å². The van der Waals surface area contributed by atoms with E-state index in [0.29, 0.717) is 23.8 Å². The fourth-order valence-electron chi connectivity index (χ4n) is 2.85. The van der Waals surface area contributed by atoms with Crippen LogP contribution in [0.25, 0.3) is 0 Å². The molecule has 3 aromatic rings. The largest absolute Gasteiger partial charge is 0.497 e. The molecule has 0 saturated carbocycles. The zero-order chi connectivity index (χ0) is 23.5. The molecule has 0 heterocycles. The molecule has 0 aliphatic rings. The van der Waals surface area contributed by atoms with Gasteiger partial charge in [0.15, 0.2) is 0 Å². The number of hydrazone groups is 1. The van der Waals surface area contributed by atoms with Gasteiger partial charge >= 0.3 is 0 Å². The van der Waals surface area contributed by atoms with Crippen molar-refractivity contribution in [2.45, 2.75) is 13.0 Å². The lowest BCUT2D eigenvalue weighted by Crippen LogP contribution is -2.24. The Morgan fingerprint density at radius 1 is 0.848 bits per heavy atom. The highest BCUT2D eigenvalue weighted by Crippen LogP contribution is 2.23. The Balaban J connectivity index is 1.42. The minimum atomic E-state index is -0.530. The van der Waals surface area contributed by atoms with Gasteiger partial charge in [-0.15, -0.1) is 0 Å². The first-order chi connectivity index (χ1) is 16.1. The Morgan fingerprint density at radius 3 is 2.24 bits per heavy atom. The van der Waals surface area contributed by atoms with Crippen LogP contribution in [0.15, 0.2) is 77.9 Å². The van der Waals surface area contributed by atoms with Crippen LogP contribution in [0.5, 0.6) is 17.2 Å². The number of hydrogen-bond acceptors (Lipinski definition) is 6. The van der Waals surface area contributed by atoms with Crippen molar-refractivity contribution in [2.75, 3.05) is 19.5 Å². The lowest BCUT2D eigenvalue weighted by atomic mass is 10.2. The highest BCUT2D eigenvalue weighted by molar-refractivity contribution is 6.04. The summed E-state index contributed by atoms with van der Waals surface area (Å²) in [6.45, 7) is 0.435. The third-order valence-corrected chi connectivity index (χ3v) is 4.55. The topological polar surface area (TPSA) is 98.3 Å². The Morgan fingerprint density at radius 2 is 1.55 bits per heavy atom. The molecule has 3 aromatic carbocycles. The van der Waals surface area contributed by atoms with Gasteiger partial charge in [0.25, 0.3) is 0 Å². The summed E-state index contributed by atoms with van der Waals surface area (Å²) in [5.41, 5.74) is 4.64. The predicted octanol–water partition coefficient (Wildman–Crippen LogP) is 3.76. The number of benzene rings is 3. The zero-order valence-corrected chi connectivity index (χ0v) is 18.4. The maximum Gasteiger partial charge on any atom is 0.249 e. The number of para-hydroxylation sites is 2. The molecule has 170 valence electrons. The molecular formula is C25H25N3O5. The van der Waals surface area contributed by atoms with Crippen molar-refractivity contribution in [2.24, 2.45) is 5.10 Å². The van der Waals surface area contributed by atoms with Crippen LogP contribution in [0, 0.1) is 0 Å². The molecule has 0 atom stereocenters. The van der Waals surface area contributed by atoms with Gasteiger partial charge in [0.1, 0.15) is 30.3 Å². The molecule has 8 heteroatoms. The van der Waals surface area contributed by atoms with Crippen LogP contribution in [0.3, 0.4) is 0 Å². The van der Waals surface area contributed by atoms with Crippen LogP contribution >= 0.6 is 0 Å². The number of rotatable bonds is 10. The summed E-state index contributed by atoms with van der Waals surface area (Å²) < 4.78 is 16.1. The number of nitrogens with one attached hydrogen (secondary N) is 2. The van der Waals surface area contributed by atoms with Crippen molar-refractivity contribution < 1.29 is 23.8 Å². The van der Waals surface area contributed by atoms with Crippen LogP contribution < -0.4 is 25.0 Å². The monoisotopic (exact) mass is 447 g/mol. The maximum absolute atomic E-state index is 12.1. The molecule has 0 spiro atoms. The third-order valence-electron chi connectivity index (χ3n) is 4.55. The molecule has 0 aromatic heterocycles. The number of hydrogen-bond donors (Lipinski definition) is 2. The van der Waals surface area contributed by atoms with Gasteiger partial charge in [-0.05, 0) is 59.7 Å². The quantitative estimate of drug-likeness (QED) is 0.280. The van der Waals surface area contributed by atoms with Crippen LogP contribution in [0.4, 0.5) is 5.69 Å². The Kier molecular flexibility index (Phi) is 8.41. The summed E-state index contributed by atoms with van der Waals surface area (Å²) in [5.74, 6) is 1.02. The van der Waals surface area contributed by atoms with Gasteiger partial charge in [-0.25, -0.2) is 5.43 Å². The van der Waals surface area contributed by atoms with E-state index in [-0.39, 0.29) is 6.42 Å². The van der Waals surface area contributed by atoms with E-state index in [1.165, 1.54) is 13.3 Å². The molecular weight excluding hydrogens is 422 g/mol. The molecule has 0 saturated heterocycles. The average Bonchev–Trinajstić information content (AvgIpc) is 2.84. The maximum atomic E-state index is 12.1. The molecule has 0 aliphatic carbocycles. The minimum Gasteiger partial charge on any atom is -0.497 e. The van der Waals surface area contributed by atoms with Gasteiger partial charge in [-0.2, -0.15) is 5.10 Å². The minimum absolute atomic E-state index is 0.368. The van der Waals surface area contributed by atoms with Gasteiger partial charge in [-0.3, -0.25) is 9.59 Å². The van der Waals surface area contributed by atoms with E-state index >= 15 is 0 Å². The first kappa shape index (κ1) is 23.3. The Hall–Kier alpha value is -4.33. The summed E-state index contributed by atoms with van der Waals surface area (Å²) in [6.07, 6.45) is 1.12. The molecule has 2 amide bonds. The number of carbonyl (C=O) groups excluding carboxylic acids is 2. The molecule has 0 unspecified atom stereocenters. The number of amides is 2. The lowest BCUT2D eigenvalue weighted by molar-refractivity contribution is -0.126. The summed E-state index contributed by atoms with van der Waals surface area (Å²) in [5, 5.41) is 6.53. The Bertz CT molecular complexity index is 1100. The van der Waals surface area contributed by atoms with Crippen LogP contribution in [0.2, 0.25) is 0 Å². The number of ether oxygens (including phenoxy) is 3. The summed E-state index contributed by atoms with van der Waals surface area (Å²) in [7, 11) is 3.13. The van der Waals surface area contributed by atoms with Crippen molar-refractivity contribution in [3.63, 3.8) is 0 Å². The van der Waals surface area contributed by atoms with E-state index in [1.54, 1.807) is 31.4 Å². The van der Waals surface area contributed by atoms with E-state index < -0.39 is 11.8 Å². The summed E-state index contributed by atoms with van der Waals surface area (Å²) in [6, 6.07) is 21.9. The molecule has 0 fully saturated rings. The highest BCUT2D eigenvalue weighted by Gasteiger charge is 2.11. The zero-order valence-electron chi connectivity index (χ0n) is 18.4. The first-order valence-electron chi connectivity index (χ1n) is 10.2. The molecule has 0 bridgehead atoms. The van der Waals surface area contributed by atoms with E-state index in [4.69, 9.17) is 14.2 Å². The SMILES string of the molecule is COc1ccc(COc2ccc(C=NNC(=O)CC(=O)Nc3ccccc3OC)cc2)cc1. The van der Waals surface area contributed by atoms with Crippen molar-refractivity contribution in [1.82, 2.24) is 5.43 Å².